The normalized spacial score (nSPS) is 16.1. The van der Waals surface area contributed by atoms with Gasteiger partial charge in [0.15, 0.2) is 0 Å². The third-order valence-electron chi connectivity index (χ3n) is 5.52. The van der Waals surface area contributed by atoms with Crippen molar-refractivity contribution in [2.45, 2.75) is 25.5 Å². The number of hydrogen-bond donors (Lipinski definition) is 1. The molecule has 2 aromatic carbocycles. The van der Waals surface area contributed by atoms with Crippen molar-refractivity contribution in [1.29, 1.82) is 0 Å². The smallest absolute Gasteiger partial charge is 0.253 e. The maximum atomic E-state index is 12.8. The summed E-state index contributed by atoms with van der Waals surface area (Å²) in [5, 5.41) is 14.8. The number of likely N-dealkylation sites (tertiary alicyclic amines) is 1. The van der Waals surface area contributed by atoms with Gasteiger partial charge in [0.2, 0.25) is 0 Å². The van der Waals surface area contributed by atoms with Crippen LogP contribution in [0.2, 0.25) is 0 Å². The van der Waals surface area contributed by atoms with Gasteiger partial charge in [0, 0.05) is 31.0 Å². The van der Waals surface area contributed by atoms with E-state index in [1.807, 2.05) is 76.4 Å². The molecule has 3 aromatic rings. The number of aliphatic hydroxyl groups excluding tert-OH is 1. The van der Waals surface area contributed by atoms with E-state index >= 15 is 0 Å². The van der Waals surface area contributed by atoms with Gasteiger partial charge in [-0.25, -0.2) is 0 Å². The molecule has 2 heterocycles. The molecule has 144 valence electrons. The molecule has 1 aliphatic heterocycles. The Morgan fingerprint density at radius 1 is 1.04 bits per heavy atom. The summed E-state index contributed by atoms with van der Waals surface area (Å²) in [4.78, 5) is 14.7. The molecule has 0 spiro atoms. The SMILES string of the molecule is O=C(c1ccc(Cn2cccn2)cc1)N1CCC(C(O)c2ccccc2)CC1. The zero-order valence-electron chi connectivity index (χ0n) is 15.8. The Hall–Kier alpha value is -2.92. The molecule has 1 amide bonds. The van der Waals surface area contributed by atoms with Crippen molar-refractivity contribution in [3.8, 4) is 0 Å². The third-order valence-corrected chi connectivity index (χ3v) is 5.52. The summed E-state index contributed by atoms with van der Waals surface area (Å²) in [5.41, 5.74) is 2.79. The molecule has 1 saturated heterocycles. The Kier molecular flexibility index (Phi) is 5.53. The van der Waals surface area contributed by atoms with Gasteiger partial charge in [0.25, 0.3) is 5.91 Å². The summed E-state index contributed by atoms with van der Waals surface area (Å²) < 4.78 is 1.86. The molecule has 1 aromatic heterocycles. The average Bonchev–Trinajstić information content (AvgIpc) is 3.27. The monoisotopic (exact) mass is 375 g/mol. The van der Waals surface area contributed by atoms with E-state index in [1.165, 1.54) is 0 Å². The molecule has 5 heteroatoms. The lowest BCUT2D eigenvalue weighted by Gasteiger charge is -2.34. The maximum Gasteiger partial charge on any atom is 0.253 e. The molecule has 0 saturated carbocycles. The number of carbonyl (C=O) groups is 1. The first-order valence-corrected chi connectivity index (χ1v) is 9.79. The molecule has 0 radical (unpaired) electrons. The first-order chi connectivity index (χ1) is 13.7. The lowest BCUT2D eigenvalue weighted by Crippen LogP contribution is -2.39. The van der Waals surface area contributed by atoms with Crippen molar-refractivity contribution in [2.24, 2.45) is 5.92 Å². The highest BCUT2D eigenvalue weighted by molar-refractivity contribution is 5.94. The molecule has 5 nitrogen and oxygen atoms in total. The minimum absolute atomic E-state index is 0.0679. The van der Waals surface area contributed by atoms with Gasteiger partial charge < -0.3 is 10.0 Å². The second kappa shape index (κ2) is 8.40. The first-order valence-electron chi connectivity index (χ1n) is 9.79. The van der Waals surface area contributed by atoms with Crippen molar-refractivity contribution in [3.05, 3.63) is 89.7 Å². The summed E-state index contributed by atoms with van der Waals surface area (Å²) in [5.74, 6) is 0.265. The van der Waals surface area contributed by atoms with Gasteiger partial charge in [0.1, 0.15) is 0 Å². The number of rotatable bonds is 5. The third kappa shape index (κ3) is 4.15. The maximum absolute atomic E-state index is 12.8. The van der Waals surface area contributed by atoms with E-state index in [0.717, 1.165) is 24.0 Å². The number of aliphatic hydroxyl groups is 1. The van der Waals surface area contributed by atoms with Gasteiger partial charge in [-0.05, 0) is 48.1 Å². The van der Waals surface area contributed by atoms with Crippen LogP contribution in [0.1, 0.15) is 40.4 Å². The van der Waals surface area contributed by atoms with Crippen LogP contribution in [0.25, 0.3) is 0 Å². The predicted octanol–water partition coefficient (Wildman–Crippen LogP) is 3.52. The van der Waals surface area contributed by atoms with Gasteiger partial charge in [-0.15, -0.1) is 0 Å². The van der Waals surface area contributed by atoms with Gasteiger partial charge in [0.05, 0.1) is 12.6 Å². The molecule has 0 aliphatic carbocycles. The summed E-state index contributed by atoms with van der Waals surface area (Å²) in [6, 6.07) is 19.5. The van der Waals surface area contributed by atoms with Crippen LogP contribution >= 0.6 is 0 Å². The highest BCUT2D eigenvalue weighted by atomic mass is 16.3. The van der Waals surface area contributed by atoms with Crippen LogP contribution in [-0.2, 0) is 6.54 Å². The van der Waals surface area contributed by atoms with E-state index in [2.05, 4.69) is 5.10 Å². The van der Waals surface area contributed by atoms with Crippen LogP contribution in [0.3, 0.4) is 0 Å². The molecular weight excluding hydrogens is 350 g/mol. The molecule has 28 heavy (non-hydrogen) atoms. The predicted molar refractivity (Wildman–Crippen MR) is 108 cm³/mol. The Labute approximate surface area is 165 Å². The number of amides is 1. The summed E-state index contributed by atoms with van der Waals surface area (Å²) >= 11 is 0. The van der Waals surface area contributed by atoms with Crippen LogP contribution in [0.15, 0.2) is 73.1 Å². The topological polar surface area (TPSA) is 58.4 Å². The second-order valence-corrected chi connectivity index (χ2v) is 7.39. The van der Waals surface area contributed by atoms with Crippen LogP contribution in [0, 0.1) is 5.92 Å². The molecule has 0 bridgehead atoms. The van der Waals surface area contributed by atoms with Crippen LogP contribution in [0.5, 0.6) is 0 Å². The zero-order valence-corrected chi connectivity index (χ0v) is 15.8. The minimum atomic E-state index is -0.458. The fourth-order valence-corrected chi connectivity index (χ4v) is 3.86. The number of benzene rings is 2. The molecule has 1 unspecified atom stereocenters. The molecule has 1 fully saturated rings. The van der Waals surface area contributed by atoms with Crippen molar-refractivity contribution >= 4 is 5.91 Å². The quantitative estimate of drug-likeness (QED) is 0.742. The summed E-state index contributed by atoms with van der Waals surface area (Å²) in [7, 11) is 0. The van der Waals surface area contributed by atoms with Crippen LogP contribution in [0.4, 0.5) is 0 Å². The van der Waals surface area contributed by atoms with Crippen molar-refractivity contribution in [3.63, 3.8) is 0 Å². The Morgan fingerprint density at radius 2 is 1.75 bits per heavy atom. The molecule has 4 rings (SSSR count). The summed E-state index contributed by atoms with van der Waals surface area (Å²) in [6.45, 7) is 2.06. The number of piperidine rings is 1. The lowest BCUT2D eigenvalue weighted by atomic mass is 9.87. The minimum Gasteiger partial charge on any atom is -0.388 e. The highest BCUT2D eigenvalue weighted by Crippen LogP contribution is 2.31. The number of nitrogens with zero attached hydrogens (tertiary/aromatic N) is 3. The van der Waals surface area contributed by atoms with Crippen molar-refractivity contribution in [1.82, 2.24) is 14.7 Å². The molecular formula is C23H25N3O2. The van der Waals surface area contributed by atoms with E-state index in [1.54, 1.807) is 6.20 Å². The Balaban J connectivity index is 1.33. The first kappa shape index (κ1) is 18.4. The van der Waals surface area contributed by atoms with Crippen LogP contribution in [-0.4, -0.2) is 38.8 Å². The van der Waals surface area contributed by atoms with E-state index in [0.29, 0.717) is 25.2 Å². The Morgan fingerprint density at radius 3 is 2.39 bits per heavy atom. The van der Waals surface area contributed by atoms with E-state index in [9.17, 15) is 9.90 Å². The fraction of sp³-hybridized carbons (Fsp3) is 0.304. The zero-order chi connectivity index (χ0) is 19.3. The molecule has 1 atom stereocenters. The number of aromatic nitrogens is 2. The van der Waals surface area contributed by atoms with Gasteiger partial charge in [-0.1, -0.05) is 42.5 Å². The molecule has 1 N–H and O–H groups in total. The largest absolute Gasteiger partial charge is 0.388 e. The molecule has 1 aliphatic rings. The van der Waals surface area contributed by atoms with E-state index in [4.69, 9.17) is 0 Å². The van der Waals surface area contributed by atoms with E-state index < -0.39 is 6.10 Å². The lowest BCUT2D eigenvalue weighted by molar-refractivity contribution is 0.0462. The Bertz CT molecular complexity index is 883. The standard InChI is InChI=1S/C23H25N3O2/c27-22(19-5-2-1-3-6-19)20-11-15-25(16-12-20)23(28)21-9-7-18(8-10-21)17-26-14-4-13-24-26/h1-10,13-14,20,22,27H,11-12,15-17H2. The van der Waals surface area contributed by atoms with Gasteiger partial charge in [-0.3, -0.25) is 9.48 Å². The summed E-state index contributed by atoms with van der Waals surface area (Å²) in [6.07, 6.45) is 4.86. The van der Waals surface area contributed by atoms with Gasteiger partial charge in [-0.2, -0.15) is 5.10 Å². The average molecular weight is 375 g/mol. The number of hydrogen-bond acceptors (Lipinski definition) is 3. The number of carbonyl (C=O) groups excluding carboxylic acids is 1. The highest BCUT2D eigenvalue weighted by Gasteiger charge is 2.28. The fourth-order valence-electron chi connectivity index (χ4n) is 3.86. The van der Waals surface area contributed by atoms with Gasteiger partial charge >= 0.3 is 0 Å². The van der Waals surface area contributed by atoms with Crippen LogP contribution < -0.4 is 0 Å². The van der Waals surface area contributed by atoms with Crippen molar-refractivity contribution < 1.29 is 9.90 Å². The second-order valence-electron chi connectivity index (χ2n) is 7.39. The van der Waals surface area contributed by atoms with E-state index in [-0.39, 0.29) is 11.8 Å². The van der Waals surface area contributed by atoms with Crippen molar-refractivity contribution in [2.75, 3.05) is 13.1 Å².